The van der Waals surface area contributed by atoms with E-state index in [1.54, 1.807) is 7.11 Å². The molecule has 1 aromatic heterocycles. The fourth-order valence-corrected chi connectivity index (χ4v) is 2.48. The highest BCUT2D eigenvalue weighted by Crippen LogP contribution is 2.32. The van der Waals surface area contributed by atoms with Crippen LogP contribution in [0, 0.1) is 5.92 Å². The number of nitrogens with zero attached hydrogens (tertiary/aromatic N) is 4. The van der Waals surface area contributed by atoms with E-state index >= 15 is 0 Å². The van der Waals surface area contributed by atoms with Crippen molar-refractivity contribution in [2.24, 2.45) is 5.92 Å². The number of rotatable bonds is 8. The lowest BCUT2D eigenvalue weighted by Crippen LogP contribution is -3.00. The summed E-state index contributed by atoms with van der Waals surface area (Å²) in [7, 11) is 1.62. The Morgan fingerprint density at radius 3 is 2.56 bits per heavy atom. The zero-order valence-electron chi connectivity index (χ0n) is 15.6. The first-order chi connectivity index (χ1) is 12.7. The van der Waals surface area contributed by atoms with E-state index in [0.717, 1.165) is 24.3 Å². The van der Waals surface area contributed by atoms with Crippen LogP contribution in [0.15, 0.2) is 48.5 Å². The van der Waals surface area contributed by atoms with Gasteiger partial charge in [-0.05, 0) is 52.7 Å². The molecule has 0 saturated heterocycles. The summed E-state index contributed by atoms with van der Waals surface area (Å²) in [6, 6.07) is 15.7. The van der Waals surface area contributed by atoms with Crippen molar-refractivity contribution >= 4 is 0 Å². The minimum atomic E-state index is 0. The van der Waals surface area contributed by atoms with Gasteiger partial charge in [0.25, 0.3) is 0 Å². The van der Waals surface area contributed by atoms with Crippen molar-refractivity contribution in [2.75, 3.05) is 13.7 Å². The number of benzene rings is 2. The van der Waals surface area contributed by atoms with Gasteiger partial charge in [-0.1, -0.05) is 43.2 Å². The Morgan fingerprint density at radius 1 is 1.07 bits per heavy atom. The lowest BCUT2D eigenvalue weighted by molar-refractivity contribution is -0.00000647. The molecule has 2 aromatic carbocycles. The molecule has 0 fully saturated rings. The first-order valence-electron chi connectivity index (χ1n) is 8.56. The fourth-order valence-electron chi connectivity index (χ4n) is 2.48. The molecule has 7 nitrogen and oxygen atoms in total. The van der Waals surface area contributed by atoms with Gasteiger partial charge in [0, 0.05) is 6.54 Å². The second-order valence-corrected chi connectivity index (χ2v) is 6.32. The maximum atomic E-state index is 5.91. The Morgan fingerprint density at radius 2 is 1.85 bits per heavy atom. The average Bonchev–Trinajstić information content (AvgIpc) is 3.11. The number of aromatic nitrogens is 4. The quantitative estimate of drug-likeness (QED) is 0.595. The highest BCUT2D eigenvalue weighted by Gasteiger charge is 2.14. The molecule has 3 aromatic rings. The normalized spacial score (nSPS) is 10.5. The third kappa shape index (κ3) is 5.42. The summed E-state index contributed by atoms with van der Waals surface area (Å²) in [6.07, 6.45) is 0. The molecule has 27 heavy (non-hydrogen) atoms. The van der Waals surface area contributed by atoms with Crippen LogP contribution in [0.2, 0.25) is 0 Å². The third-order valence-corrected chi connectivity index (χ3v) is 3.75. The zero-order valence-corrected chi connectivity index (χ0v) is 16.3. The first kappa shape index (κ1) is 20.7. The SMILES string of the molecule is COc1cc(CNCC(C)C)ccc1Oc1nnnn1-c1ccccc1.[Cl-]. The van der Waals surface area contributed by atoms with Gasteiger partial charge in [0.05, 0.1) is 12.8 Å². The van der Waals surface area contributed by atoms with Crippen LogP contribution < -0.4 is 27.2 Å². The van der Waals surface area contributed by atoms with E-state index in [0.29, 0.717) is 17.4 Å². The van der Waals surface area contributed by atoms with Crippen LogP contribution in [0.3, 0.4) is 0 Å². The topological polar surface area (TPSA) is 74.1 Å². The number of hydrogen-bond donors (Lipinski definition) is 1. The maximum Gasteiger partial charge on any atom is 0.346 e. The number of para-hydroxylation sites is 1. The number of tetrazole rings is 1. The predicted molar refractivity (Wildman–Crippen MR) is 98.8 cm³/mol. The molecule has 1 N–H and O–H groups in total. The molecule has 8 heteroatoms. The largest absolute Gasteiger partial charge is 1.00 e. The van der Waals surface area contributed by atoms with Crippen molar-refractivity contribution in [1.29, 1.82) is 0 Å². The predicted octanol–water partition coefficient (Wildman–Crippen LogP) is 0.213. The van der Waals surface area contributed by atoms with E-state index in [1.807, 2.05) is 48.5 Å². The standard InChI is InChI=1S/C19H23N5O2.ClH/c1-14(2)12-20-13-15-9-10-17(18(11-15)25-3)26-19-21-22-23-24(19)16-7-5-4-6-8-16;/h4-11,14,20H,12-13H2,1-3H3;1H/p-1. The van der Waals surface area contributed by atoms with Gasteiger partial charge in [-0.2, -0.15) is 4.68 Å². The van der Waals surface area contributed by atoms with Crippen LogP contribution in [0.4, 0.5) is 0 Å². The van der Waals surface area contributed by atoms with Crippen molar-refractivity contribution in [2.45, 2.75) is 20.4 Å². The molecule has 0 saturated carbocycles. The number of halogens is 1. The van der Waals surface area contributed by atoms with Gasteiger partial charge >= 0.3 is 6.01 Å². The van der Waals surface area contributed by atoms with Crippen LogP contribution in [0.25, 0.3) is 5.69 Å². The van der Waals surface area contributed by atoms with Crippen molar-refractivity contribution in [3.05, 3.63) is 54.1 Å². The van der Waals surface area contributed by atoms with E-state index in [4.69, 9.17) is 9.47 Å². The van der Waals surface area contributed by atoms with Crippen LogP contribution in [0.5, 0.6) is 17.5 Å². The van der Waals surface area contributed by atoms with Crippen LogP contribution in [0.1, 0.15) is 19.4 Å². The number of ether oxygens (including phenoxy) is 2. The highest BCUT2D eigenvalue weighted by atomic mass is 35.5. The molecule has 0 aliphatic rings. The van der Waals surface area contributed by atoms with E-state index in [2.05, 4.69) is 34.7 Å². The summed E-state index contributed by atoms with van der Waals surface area (Å²) >= 11 is 0. The summed E-state index contributed by atoms with van der Waals surface area (Å²) in [6.45, 7) is 6.10. The molecule has 0 aliphatic heterocycles. The average molecular weight is 389 g/mol. The molecule has 0 atom stereocenters. The first-order valence-corrected chi connectivity index (χ1v) is 8.56. The third-order valence-electron chi connectivity index (χ3n) is 3.75. The van der Waals surface area contributed by atoms with Crippen molar-refractivity contribution in [3.63, 3.8) is 0 Å². The molecule has 3 rings (SSSR count). The van der Waals surface area contributed by atoms with Gasteiger partial charge < -0.3 is 27.2 Å². The van der Waals surface area contributed by atoms with Gasteiger partial charge in [0.15, 0.2) is 11.5 Å². The van der Waals surface area contributed by atoms with Crippen LogP contribution in [-0.4, -0.2) is 33.9 Å². The number of hydrogen-bond acceptors (Lipinski definition) is 6. The summed E-state index contributed by atoms with van der Waals surface area (Å²) < 4.78 is 12.9. The van der Waals surface area contributed by atoms with Crippen LogP contribution >= 0.6 is 0 Å². The van der Waals surface area contributed by atoms with Gasteiger partial charge in [-0.3, -0.25) is 0 Å². The molecule has 0 amide bonds. The lowest BCUT2D eigenvalue weighted by Gasteiger charge is -2.12. The van der Waals surface area contributed by atoms with Crippen molar-refractivity contribution in [1.82, 2.24) is 25.5 Å². The van der Waals surface area contributed by atoms with E-state index in [9.17, 15) is 0 Å². The summed E-state index contributed by atoms with van der Waals surface area (Å²) in [5.74, 6) is 1.81. The van der Waals surface area contributed by atoms with Crippen LogP contribution in [-0.2, 0) is 6.54 Å². The fraction of sp³-hybridized carbons (Fsp3) is 0.316. The molecule has 1 heterocycles. The van der Waals surface area contributed by atoms with E-state index in [1.165, 1.54) is 4.68 Å². The maximum absolute atomic E-state index is 5.91. The summed E-state index contributed by atoms with van der Waals surface area (Å²) in [4.78, 5) is 0. The van der Waals surface area contributed by atoms with Gasteiger partial charge in [-0.15, -0.1) is 0 Å². The minimum absolute atomic E-state index is 0. The molecule has 0 unspecified atom stereocenters. The molecule has 0 bridgehead atoms. The molecule has 144 valence electrons. The number of nitrogens with one attached hydrogen (secondary N) is 1. The molecule has 0 aliphatic carbocycles. The molecule has 0 spiro atoms. The molecule has 0 radical (unpaired) electrons. The summed E-state index contributed by atoms with van der Waals surface area (Å²) in [5, 5.41) is 15.1. The zero-order chi connectivity index (χ0) is 18.4. The van der Waals surface area contributed by atoms with Gasteiger partial charge in [0.1, 0.15) is 0 Å². The minimum Gasteiger partial charge on any atom is -1.00 e. The van der Waals surface area contributed by atoms with E-state index < -0.39 is 0 Å². The summed E-state index contributed by atoms with van der Waals surface area (Å²) in [5.41, 5.74) is 1.94. The Bertz CT molecular complexity index is 839. The molecular weight excluding hydrogens is 366 g/mol. The van der Waals surface area contributed by atoms with Crippen molar-refractivity contribution in [3.8, 4) is 23.2 Å². The Kier molecular flexibility index (Phi) is 7.57. The second kappa shape index (κ2) is 9.89. The van der Waals surface area contributed by atoms with Gasteiger partial charge in [-0.25, -0.2) is 0 Å². The molecular formula is C19H23ClN5O2-. The smallest absolute Gasteiger partial charge is 0.346 e. The van der Waals surface area contributed by atoms with Crippen molar-refractivity contribution < 1.29 is 21.9 Å². The highest BCUT2D eigenvalue weighted by molar-refractivity contribution is 5.44. The Balaban J connectivity index is 0.00000261. The Labute approximate surface area is 165 Å². The monoisotopic (exact) mass is 388 g/mol. The lowest BCUT2D eigenvalue weighted by atomic mass is 10.2. The van der Waals surface area contributed by atoms with Gasteiger partial charge in [0.2, 0.25) is 0 Å². The Hall–Kier alpha value is -2.64. The number of methoxy groups -OCH3 is 1. The van der Waals surface area contributed by atoms with E-state index in [-0.39, 0.29) is 18.4 Å². The second-order valence-electron chi connectivity index (χ2n) is 6.32.